The second-order valence-electron chi connectivity index (χ2n) is 5.53. The van der Waals surface area contributed by atoms with Crippen LogP contribution in [-0.4, -0.2) is 52.1 Å². The molecule has 23 heavy (non-hydrogen) atoms. The lowest BCUT2D eigenvalue weighted by Gasteiger charge is -2.25. The average Bonchev–Trinajstić information content (AvgIpc) is 2.99. The fourth-order valence-corrected chi connectivity index (χ4v) is 2.81. The van der Waals surface area contributed by atoms with E-state index in [1.807, 2.05) is 4.90 Å². The Hall–Kier alpha value is -2.41. The number of aromatic nitrogens is 2. The second-order valence-corrected chi connectivity index (χ2v) is 5.53. The van der Waals surface area contributed by atoms with Crippen molar-refractivity contribution in [1.82, 2.24) is 14.9 Å². The summed E-state index contributed by atoms with van der Waals surface area (Å²) in [5, 5.41) is 10.1. The number of rotatable bonds is 3. The molecule has 1 amide bonds. The fraction of sp³-hybridized carbons (Fsp3) is 0.375. The largest absolute Gasteiger partial charge is 0.377 e. The highest BCUT2D eigenvalue weighted by atomic mass is 19.1. The van der Waals surface area contributed by atoms with Crippen LogP contribution in [0.3, 0.4) is 0 Å². The summed E-state index contributed by atoms with van der Waals surface area (Å²) in [6.45, 7) is 2.18. The lowest BCUT2D eigenvalue weighted by atomic mass is 10.2. The van der Waals surface area contributed by atoms with E-state index in [-0.39, 0.29) is 11.7 Å². The maximum absolute atomic E-state index is 13.9. The highest BCUT2D eigenvalue weighted by molar-refractivity contribution is 5.81. The van der Waals surface area contributed by atoms with E-state index in [1.165, 1.54) is 18.6 Å². The third kappa shape index (κ3) is 3.34. The van der Waals surface area contributed by atoms with E-state index in [4.69, 9.17) is 0 Å². The molecule has 1 saturated heterocycles. The van der Waals surface area contributed by atoms with E-state index >= 15 is 0 Å². The molecule has 0 bridgehead atoms. The van der Waals surface area contributed by atoms with Crippen molar-refractivity contribution < 1.29 is 14.3 Å². The van der Waals surface area contributed by atoms with E-state index in [0.29, 0.717) is 37.6 Å². The third-order valence-corrected chi connectivity index (χ3v) is 4.05. The Morgan fingerprint density at radius 3 is 2.83 bits per heavy atom. The van der Waals surface area contributed by atoms with Crippen LogP contribution in [0.1, 0.15) is 18.2 Å². The minimum Gasteiger partial charge on any atom is -0.377 e. The molecule has 1 fully saturated rings. The lowest BCUT2D eigenvalue weighted by molar-refractivity contribution is -0.140. The highest BCUT2D eigenvalue weighted by Gasteiger charge is 2.27. The first kappa shape index (κ1) is 15.5. The van der Waals surface area contributed by atoms with Crippen LogP contribution in [0.25, 0.3) is 0 Å². The summed E-state index contributed by atoms with van der Waals surface area (Å²) in [6, 6.07) is 6.64. The first-order valence-electron chi connectivity index (χ1n) is 7.61. The number of aliphatic hydroxyl groups excluding tert-OH is 1. The lowest BCUT2D eigenvalue weighted by Crippen LogP contribution is -2.38. The molecule has 122 valence electrons. The SMILES string of the molecule is O=C(C(O)c1cnc[nH]1)N1CCCN(c2ccccc2F)CC1. The number of aliphatic hydroxyl groups is 1. The van der Waals surface area contributed by atoms with Crippen molar-refractivity contribution in [2.24, 2.45) is 0 Å². The molecule has 2 heterocycles. The quantitative estimate of drug-likeness (QED) is 0.895. The van der Waals surface area contributed by atoms with E-state index in [0.717, 1.165) is 6.42 Å². The van der Waals surface area contributed by atoms with Crippen molar-refractivity contribution >= 4 is 11.6 Å². The van der Waals surface area contributed by atoms with Gasteiger partial charge in [0.25, 0.3) is 5.91 Å². The molecule has 1 aromatic heterocycles. The number of carbonyl (C=O) groups excluding carboxylic acids is 1. The predicted octanol–water partition coefficient (Wildman–Crippen LogP) is 1.32. The van der Waals surface area contributed by atoms with Crippen LogP contribution in [0.15, 0.2) is 36.8 Å². The van der Waals surface area contributed by atoms with Crippen LogP contribution in [0.4, 0.5) is 10.1 Å². The summed E-state index contributed by atoms with van der Waals surface area (Å²) >= 11 is 0. The Balaban J connectivity index is 1.67. The maximum atomic E-state index is 13.9. The molecule has 1 unspecified atom stereocenters. The van der Waals surface area contributed by atoms with Gasteiger partial charge in [-0.25, -0.2) is 9.37 Å². The summed E-state index contributed by atoms with van der Waals surface area (Å²) in [4.78, 5) is 22.5. The molecular formula is C16H19FN4O2. The Kier molecular flexibility index (Phi) is 4.57. The number of amides is 1. The Morgan fingerprint density at radius 1 is 1.26 bits per heavy atom. The number of benzene rings is 1. The summed E-state index contributed by atoms with van der Waals surface area (Å²) < 4.78 is 13.9. The standard InChI is InChI=1S/C16H19FN4O2/c17-12-4-1-2-5-14(12)20-6-3-7-21(9-8-20)16(23)15(22)13-10-18-11-19-13/h1-2,4-5,10-11,15,22H,3,6-9H2,(H,18,19). The first-order chi connectivity index (χ1) is 11.2. The average molecular weight is 318 g/mol. The van der Waals surface area contributed by atoms with Gasteiger partial charge in [0, 0.05) is 26.2 Å². The van der Waals surface area contributed by atoms with Crippen molar-refractivity contribution in [3.05, 3.63) is 48.3 Å². The number of hydrogen-bond donors (Lipinski definition) is 2. The second kappa shape index (κ2) is 6.78. The molecule has 2 N–H and O–H groups in total. The number of imidazole rings is 1. The van der Waals surface area contributed by atoms with Gasteiger partial charge in [0.05, 0.1) is 23.9 Å². The zero-order valence-corrected chi connectivity index (χ0v) is 12.7. The zero-order valence-electron chi connectivity index (χ0n) is 12.7. The van der Waals surface area contributed by atoms with Crippen molar-refractivity contribution in [2.75, 3.05) is 31.1 Å². The molecule has 1 aromatic carbocycles. The van der Waals surface area contributed by atoms with Crippen molar-refractivity contribution in [2.45, 2.75) is 12.5 Å². The minimum atomic E-state index is -1.24. The van der Waals surface area contributed by atoms with E-state index in [2.05, 4.69) is 9.97 Å². The smallest absolute Gasteiger partial charge is 0.257 e. The summed E-state index contributed by atoms with van der Waals surface area (Å²) in [6.07, 6.45) is 2.34. The van der Waals surface area contributed by atoms with Gasteiger partial charge in [0.15, 0.2) is 6.10 Å². The predicted molar refractivity (Wildman–Crippen MR) is 83.4 cm³/mol. The number of nitrogens with one attached hydrogen (secondary N) is 1. The molecule has 0 aliphatic carbocycles. The maximum Gasteiger partial charge on any atom is 0.257 e. The molecule has 1 atom stereocenters. The molecule has 0 saturated carbocycles. The molecule has 7 heteroatoms. The van der Waals surface area contributed by atoms with Crippen LogP contribution in [0.5, 0.6) is 0 Å². The highest BCUT2D eigenvalue weighted by Crippen LogP contribution is 2.21. The molecule has 1 aliphatic rings. The molecular weight excluding hydrogens is 299 g/mol. The molecule has 6 nitrogen and oxygen atoms in total. The number of aromatic amines is 1. The number of hydrogen-bond acceptors (Lipinski definition) is 4. The number of anilines is 1. The summed E-state index contributed by atoms with van der Waals surface area (Å²) in [5.41, 5.74) is 0.932. The van der Waals surface area contributed by atoms with E-state index in [9.17, 15) is 14.3 Å². The van der Waals surface area contributed by atoms with Gasteiger partial charge in [0.2, 0.25) is 0 Å². The number of carbonyl (C=O) groups is 1. The van der Waals surface area contributed by atoms with Crippen LogP contribution in [-0.2, 0) is 4.79 Å². The number of nitrogens with zero attached hydrogens (tertiary/aromatic N) is 3. The Bertz CT molecular complexity index is 662. The zero-order chi connectivity index (χ0) is 16.2. The normalized spacial score (nSPS) is 17.0. The molecule has 1 aliphatic heterocycles. The van der Waals surface area contributed by atoms with Crippen LogP contribution in [0.2, 0.25) is 0 Å². The van der Waals surface area contributed by atoms with Crippen molar-refractivity contribution in [3.8, 4) is 0 Å². The summed E-state index contributed by atoms with van der Waals surface area (Å²) in [5.74, 6) is -0.616. The van der Waals surface area contributed by atoms with Gasteiger partial charge in [-0.05, 0) is 18.6 Å². The first-order valence-corrected chi connectivity index (χ1v) is 7.61. The number of para-hydroxylation sites is 1. The van der Waals surface area contributed by atoms with Gasteiger partial charge in [0.1, 0.15) is 5.82 Å². The third-order valence-electron chi connectivity index (χ3n) is 4.05. The summed E-state index contributed by atoms with van der Waals surface area (Å²) in [7, 11) is 0. The topological polar surface area (TPSA) is 72.5 Å². The van der Waals surface area contributed by atoms with Gasteiger partial charge >= 0.3 is 0 Å². The van der Waals surface area contributed by atoms with Crippen molar-refractivity contribution in [1.29, 1.82) is 0 Å². The monoisotopic (exact) mass is 318 g/mol. The van der Waals surface area contributed by atoms with Crippen molar-refractivity contribution in [3.63, 3.8) is 0 Å². The number of halogens is 1. The molecule has 0 spiro atoms. The fourth-order valence-electron chi connectivity index (χ4n) is 2.81. The van der Waals surface area contributed by atoms with Gasteiger partial charge in [-0.1, -0.05) is 12.1 Å². The molecule has 3 rings (SSSR count). The molecule has 2 aromatic rings. The van der Waals surface area contributed by atoms with Crippen LogP contribution in [0, 0.1) is 5.82 Å². The van der Waals surface area contributed by atoms with Crippen LogP contribution < -0.4 is 4.90 Å². The van der Waals surface area contributed by atoms with Gasteiger partial charge in [-0.2, -0.15) is 0 Å². The van der Waals surface area contributed by atoms with Gasteiger partial charge < -0.3 is 19.9 Å². The minimum absolute atomic E-state index is 0.259. The van der Waals surface area contributed by atoms with E-state index in [1.54, 1.807) is 23.1 Å². The number of H-pyrrole nitrogens is 1. The van der Waals surface area contributed by atoms with Gasteiger partial charge in [-0.15, -0.1) is 0 Å². The Labute approximate surface area is 133 Å². The van der Waals surface area contributed by atoms with Crippen LogP contribution >= 0.6 is 0 Å². The molecule has 0 radical (unpaired) electrons. The van der Waals surface area contributed by atoms with Gasteiger partial charge in [-0.3, -0.25) is 4.79 Å². The van der Waals surface area contributed by atoms with E-state index < -0.39 is 6.10 Å². The Morgan fingerprint density at radius 2 is 2.09 bits per heavy atom.